The van der Waals surface area contributed by atoms with E-state index in [9.17, 15) is 13.2 Å². The quantitative estimate of drug-likeness (QED) is 0.359. The number of aromatic nitrogens is 1. The largest absolute Gasteiger partial charge is 0.356 e. The lowest BCUT2D eigenvalue weighted by Gasteiger charge is -2.25. The van der Waals surface area contributed by atoms with Crippen LogP contribution in [0.15, 0.2) is 89.8 Å². The van der Waals surface area contributed by atoms with Crippen LogP contribution in [0.1, 0.15) is 34.1 Å². The number of nitrogens with zero attached hydrogens (tertiary/aromatic N) is 1. The van der Waals surface area contributed by atoms with Gasteiger partial charge in [0.15, 0.2) is 5.78 Å². The van der Waals surface area contributed by atoms with E-state index in [1.165, 1.54) is 4.31 Å². The third-order valence-electron chi connectivity index (χ3n) is 5.63. The van der Waals surface area contributed by atoms with Gasteiger partial charge in [-0.05, 0) is 32.9 Å². The maximum atomic E-state index is 13.8. The zero-order valence-corrected chi connectivity index (χ0v) is 19.7. The summed E-state index contributed by atoms with van der Waals surface area (Å²) in [5.74, 6) is -0.223. The molecule has 1 aromatic heterocycles. The summed E-state index contributed by atoms with van der Waals surface area (Å²) < 4.78 is 28.9. The van der Waals surface area contributed by atoms with Crippen LogP contribution in [0.3, 0.4) is 0 Å². The molecule has 0 aliphatic rings. The van der Waals surface area contributed by atoms with E-state index < -0.39 is 10.0 Å². The fraction of sp³-hybridized carbons (Fsp3) is 0.148. The van der Waals surface area contributed by atoms with Gasteiger partial charge in [0, 0.05) is 23.4 Å². The van der Waals surface area contributed by atoms with Gasteiger partial charge >= 0.3 is 0 Å². The number of aromatic amines is 1. The zero-order chi connectivity index (χ0) is 23.6. The Balaban J connectivity index is 1.98. The molecule has 33 heavy (non-hydrogen) atoms. The predicted molar refractivity (Wildman–Crippen MR) is 132 cm³/mol. The number of rotatable bonds is 7. The number of H-pyrrole nitrogens is 1. The second kappa shape index (κ2) is 9.08. The van der Waals surface area contributed by atoms with Gasteiger partial charge in [0.1, 0.15) is 0 Å². The Labute approximate surface area is 194 Å². The van der Waals surface area contributed by atoms with Gasteiger partial charge in [-0.3, -0.25) is 9.10 Å². The molecule has 0 atom stereocenters. The number of carbonyl (C=O) groups excluding carboxylic acids is 1. The van der Waals surface area contributed by atoms with Crippen molar-refractivity contribution in [3.05, 3.63) is 107 Å². The molecule has 0 amide bonds. The van der Waals surface area contributed by atoms with Crippen LogP contribution in [0.5, 0.6) is 0 Å². The molecule has 0 aliphatic heterocycles. The van der Waals surface area contributed by atoms with E-state index in [1.807, 2.05) is 43.3 Å². The Morgan fingerprint density at radius 3 is 2.00 bits per heavy atom. The van der Waals surface area contributed by atoms with E-state index in [4.69, 9.17) is 0 Å². The topological polar surface area (TPSA) is 70.2 Å². The van der Waals surface area contributed by atoms with E-state index in [1.54, 1.807) is 62.4 Å². The molecule has 4 aromatic rings. The average Bonchev–Trinajstić information content (AvgIpc) is 3.17. The van der Waals surface area contributed by atoms with Crippen molar-refractivity contribution in [1.82, 2.24) is 4.98 Å². The smallest absolute Gasteiger partial charge is 0.264 e. The number of nitrogens with one attached hydrogen (secondary N) is 1. The van der Waals surface area contributed by atoms with Crippen LogP contribution in [-0.4, -0.2) is 25.7 Å². The monoisotopic (exact) mass is 458 g/mol. The Morgan fingerprint density at radius 2 is 1.42 bits per heavy atom. The van der Waals surface area contributed by atoms with Crippen molar-refractivity contribution in [2.24, 2.45) is 0 Å². The van der Waals surface area contributed by atoms with Gasteiger partial charge in [-0.15, -0.1) is 0 Å². The lowest BCUT2D eigenvalue weighted by molar-refractivity contribution is 0.103. The SMILES string of the molecule is CCN(c1c(-c2ccccc2)[nH]c(C)c1C(=O)c1ccccc1)S(=O)(=O)c1ccc(C)cc1. The van der Waals surface area contributed by atoms with Gasteiger partial charge in [0.25, 0.3) is 10.0 Å². The number of ketones is 1. The van der Waals surface area contributed by atoms with Gasteiger partial charge in [-0.25, -0.2) is 8.42 Å². The zero-order valence-electron chi connectivity index (χ0n) is 18.9. The number of sulfonamides is 1. The molecule has 5 nitrogen and oxygen atoms in total. The third kappa shape index (κ3) is 4.22. The molecule has 4 rings (SSSR count). The summed E-state index contributed by atoms with van der Waals surface area (Å²) >= 11 is 0. The summed E-state index contributed by atoms with van der Waals surface area (Å²) in [5, 5.41) is 0. The highest BCUT2D eigenvalue weighted by Gasteiger charge is 2.33. The second-order valence-electron chi connectivity index (χ2n) is 7.89. The lowest BCUT2D eigenvalue weighted by Crippen LogP contribution is -2.32. The highest BCUT2D eigenvalue weighted by molar-refractivity contribution is 7.92. The van der Waals surface area contributed by atoms with Gasteiger partial charge in [0.2, 0.25) is 0 Å². The number of hydrogen-bond acceptors (Lipinski definition) is 3. The molecular weight excluding hydrogens is 432 g/mol. The summed E-state index contributed by atoms with van der Waals surface area (Å²) in [6.45, 7) is 5.66. The minimum atomic E-state index is -3.92. The van der Waals surface area contributed by atoms with E-state index >= 15 is 0 Å². The minimum absolute atomic E-state index is 0.169. The van der Waals surface area contributed by atoms with Crippen molar-refractivity contribution in [2.45, 2.75) is 25.7 Å². The molecule has 168 valence electrons. The van der Waals surface area contributed by atoms with Crippen LogP contribution in [0, 0.1) is 13.8 Å². The van der Waals surface area contributed by atoms with Crippen LogP contribution in [0.2, 0.25) is 0 Å². The molecule has 6 heteroatoms. The van der Waals surface area contributed by atoms with E-state index in [-0.39, 0.29) is 17.2 Å². The van der Waals surface area contributed by atoms with Crippen LogP contribution in [0.4, 0.5) is 5.69 Å². The summed E-state index contributed by atoms with van der Waals surface area (Å²) in [6, 6.07) is 25.2. The van der Waals surface area contributed by atoms with E-state index in [2.05, 4.69) is 4.98 Å². The summed E-state index contributed by atoms with van der Waals surface area (Å²) in [4.78, 5) is 17.1. The summed E-state index contributed by atoms with van der Waals surface area (Å²) in [5.41, 5.74) is 4.23. The molecule has 0 aliphatic carbocycles. The van der Waals surface area contributed by atoms with Crippen molar-refractivity contribution in [3.63, 3.8) is 0 Å². The number of benzene rings is 3. The molecule has 0 unspecified atom stereocenters. The second-order valence-corrected chi connectivity index (χ2v) is 9.75. The molecule has 0 spiro atoms. The Bertz CT molecular complexity index is 1370. The molecule has 1 heterocycles. The summed E-state index contributed by atoms with van der Waals surface area (Å²) in [6.07, 6.45) is 0. The number of aryl methyl sites for hydroxylation is 2. The van der Waals surface area contributed by atoms with Crippen LogP contribution >= 0.6 is 0 Å². The van der Waals surface area contributed by atoms with Crippen LogP contribution in [-0.2, 0) is 10.0 Å². The first-order chi connectivity index (χ1) is 15.8. The van der Waals surface area contributed by atoms with Crippen LogP contribution < -0.4 is 4.31 Å². The normalized spacial score (nSPS) is 11.4. The molecule has 3 aromatic carbocycles. The maximum absolute atomic E-state index is 13.8. The first-order valence-corrected chi connectivity index (χ1v) is 12.3. The highest BCUT2D eigenvalue weighted by Crippen LogP contribution is 2.39. The van der Waals surface area contributed by atoms with Gasteiger partial charge in [-0.2, -0.15) is 0 Å². The Morgan fingerprint density at radius 1 is 0.848 bits per heavy atom. The minimum Gasteiger partial charge on any atom is -0.356 e. The fourth-order valence-corrected chi connectivity index (χ4v) is 5.47. The van der Waals surface area contributed by atoms with Gasteiger partial charge in [-0.1, -0.05) is 78.4 Å². The summed E-state index contributed by atoms with van der Waals surface area (Å²) in [7, 11) is -3.92. The van der Waals surface area contributed by atoms with Crippen LogP contribution in [0.25, 0.3) is 11.3 Å². The molecule has 0 saturated heterocycles. The average molecular weight is 459 g/mol. The van der Waals surface area contributed by atoms with E-state index in [0.717, 1.165) is 11.1 Å². The van der Waals surface area contributed by atoms with Crippen molar-refractivity contribution in [3.8, 4) is 11.3 Å². The van der Waals surface area contributed by atoms with Gasteiger partial charge in [0.05, 0.1) is 21.8 Å². The number of carbonyl (C=O) groups is 1. The molecule has 0 fully saturated rings. The number of anilines is 1. The lowest BCUT2D eigenvalue weighted by atomic mass is 10.0. The first-order valence-electron chi connectivity index (χ1n) is 10.8. The van der Waals surface area contributed by atoms with Crippen molar-refractivity contribution >= 4 is 21.5 Å². The molecule has 0 radical (unpaired) electrons. The standard InChI is InChI=1S/C27H26N2O3S/c1-4-29(33(31,32)23-17-15-19(2)16-18-23)26-24(27(30)22-13-9-6-10-14-22)20(3)28-25(26)21-11-7-5-8-12-21/h5-18,28H,4H2,1-3H3. The third-order valence-corrected chi connectivity index (χ3v) is 7.52. The molecule has 1 N–H and O–H groups in total. The van der Waals surface area contributed by atoms with E-state index in [0.29, 0.717) is 28.2 Å². The molecule has 0 bridgehead atoms. The first kappa shape index (κ1) is 22.6. The Hall–Kier alpha value is -3.64. The predicted octanol–water partition coefficient (Wildman–Crippen LogP) is 5.74. The van der Waals surface area contributed by atoms with Gasteiger partial charge < -0.3 is 4.98 Å². The van der Waals surface area contributed by atoms with Crippen molar-refractivity contribution in [1.29, 1.82) is 0 Å². The Kier molecular flexibility index (Phi) is 6.20. The van der Waals surface area contributed by atoms with Crippen molar-refractivity contribution < 1.29 is 13.2 Å². The highest BCUT2D eigenvalue weighted by atomic mass is 32.2. The fourth-order valence-electron chi connectivity index (χ4n) is 3.97. The molecular formula is C27H26N2O3S. The number of hydrogen-bond donors (Lipinski definition) is 1. The van der Waals surface area contributed by atoms with Crippen molar-refractivity contribution in [2.75, 3.05) is 10.8 Å². The maximum Gasteiger partial charge on any atom is 0.264 e. The molecule has 0 saturated carbocycles.